The van der Waals surface area contributed by atoms with E-state index < -0.39 is 5.97 Å². The van der Waals surface area contributed by atoms with Gasteiger partial charge in [0.15, 0.2) is 5.71 Å². The Morgan fingerprint density at radius 2 is 1.87 bits per heavy atom. The molecule has 1 aliphatic carbocycles. The Balaban J connectivity index is 1.78. The molecule has 5 heteroatoms. The Labute approximate surface area is 182 Å². The van der Waals surface area contributed by atoms with E-state index in [1.807, 2.05) is 37.3 Å². The minimum atomic E-state index is -1.16. The lowest BCUT2D eigenvalue weighted by Crippen LogP contribution is -2.14. The first-order valence-electron chi connectivity index (χ1n) is 10.0. The van der Waals surface area contributed by atoms with Crippen LogP contribution < -0.4 is 0 Å². The summed E-state index contributed by atoms with van der Waals surface area (Å²) in [6.45, 7) is 4.96. The molecule has 158 valence electrons. The first kappa shape index (κ1) is 21.8. The number of carboxylic acids is 1. The number of rotatable bonds is 5. The van der Waals surface area contributed by atoms with Crippen LogP contribution in [0.3, 0.4) is 0 Å². The predicted molar refractivity (Wildman–Crippen MR) is 123 cm³/mol. The summed E-state index contributed by atoms with van der Waals surface area (Å²) < 4.78 is 8.01. The fourth-order valence-electron chi connectivity index (χ4n) is 3.12. The van der Waals surface area contributed by atoms with Crippen LogP contribution >= 0.6 is 0 Å². The van der Waals surface area contributed by atoms with Crippen molar-refractivity contribution in [1.82, 2.24) is 0 Å². The zero-order valence-electron chi connectivity index (χ0n) is 17.9. The van der Waals surface area contributed by atoms with Crippen LogP contribution in [-0.2, 0) is 4.74 Å². The normalized spacial score (nSPS) is 16.9. The molecule has 31 heavy (non-hydrogen) atoms. The number of ether oxygens (including phenoxy) is 1. The fourth-order valence-corrected chi connectivity index (χ4v) is 3.12. The molecule has 0 fully saturated rings. The lowest BCUT2D eigenvalue weighted by atomic mass is 10.1. The number of aromatic carboxylic acids is 1. The highest BCUT2D eigenvalue weighted by Gasteiger charge is 2.10. The second kappa shape index (κ2) is 9.76. The van der Waals surface area contributed by atoms with Crippen molar-refractivity contribution in [3.8, 4) is 5.75 Å². The topological polar surface area (TPSA) is 69.8 Å². The number of allylic oxidation sites excluding steroid dienone is 12. The van der Waals surface area contributed by atoms with Gasteiger partial charge in [-0.2, -0.15) is 0 Å². The van der Waals surface area contributed by atoms with E-state index >= 15 is 0 Å². The largest absolute Gasteiger partial charge is 0.507 e. The molecule has 0 spiro atoms. The number of carbonyl (C=O) groups is 1. The number of phenols is 1. The first-order chi connectivity index (χ1) is 14.9. The molecule has 1 aromatic rings. The molecule has 0 unspecified atom stereocenters. The third-order valence-corrected chi connectivity index (χ3v) is 4.90. The van der Waals surface area contributed by atoms with Gasteiger partial charge in [0.05, 0.1) is 0 Å². The Morgan fingerprint density at radius 1 is 1.13 bits per heavy atom. The fraction of sp³-hybridized carbons (Fsp3) is 0.154. The van der Waals surface area contributed by atoms with Gasteiger partial charge < -0.3 is 14.9 Å². The van der Waals surface area contributed by atoms with Crippen LogP contribution in [0.1, 0.15) is 29.8 Å². The summed E-state index contributed by atoms with van der Waals surface area (Å²) in [5, 5.41) is 18.7. The highest BCUT2D eigenvalue weighted by molar-refractivity contribution is 6.02. The zero-order valence-corrected chi connectivity index (χ0v) is 17.9. The van der Waals surface area contributed by atoms with Gasteiger partial charge in [0.1, 0.15) is 36.4 Å². The van der Waals surface area contributed by atoms with Gasteiger partial charge in [0.2, 0.25) is 0 Å². The Morgan fingerprint density at radius 3 is 2.55 bits per heavy atom. The maximum Gasteiger partial charge on any atom is 0.339 e. The smallest absolute Gasteiger partial charge is 0.339 e. The molecule has 0 saturated heterocycles. The van der Waals surface area contributed by atoms with Gasteiger partial charge in [-0.05, 0) is 73.1 Å². The molecular weight excluding hydrogens is 390 g/mol. The van der Waals surface area contributed by atoms with Gasteiger partial charge in [-0.25, -0.2) is 9.37 Å². The van der Waals surface area contributed by atoms with Crippen LogP contribution in [0.25, 0.3) is 6.08 Å². The van der Waals surface area contributed by atoms with Crippen molar-refractivity contribution in [1.29, 1.82) is 0 Å². The lowest BCUT2D eigenvalue weighted by molar-refractivity contribution is -0.491. The van der Waals surface area contributed by atoms with E-state index in [1.165, 1.54) is 17.8 Å². The van der Waals surface area contributed by atoms with Crippen LogP contribution in [-0.4, -0.2) is 40.1 Å². The monoisotopic (exact) mass is 416 g/mol. The zero-order chi connectivity index (χ0) is 22.4. The standard InChI is InChI=1S/C26H25NO4/c1-4-27(3)22-11-8-20(9-12-22)15-23-16-21(14-18(2)31-23)7-5-6-19-10-13-25(28)24(17-19)26(29)30/h5-17H,4H2,1-3H3,(H,29,30)/p+1. The summed E-state index contributed by atoms with van der Waals surface area (Å²) in [5.41, 5.74) is 3.75. The van der Waals surface area contributed by atoms with E-state index in [9.17, 15) is 9.90 Å². The molecule has 1 aliphatic heterocycles. The molecule has 0 atom stereocenters. The Bertz CT molecular complexity index is 1120. The summed E-state index contributed by atoms with van der Waals surface area (Å²) >= 11 is 0. The second-order valence-electron chi connectivity index (χ2n) is 7.26. The molecule has 1 heterocycles. The number of hydrogen-bond donors (Lipinski definition) is 2. The van der Waals surface area contributed by atoms with Crippen molar-refractivity contribution in [3.05, 3.63) is 107 Å². The molecule has 3 rings (SSSR count). The van der Waals surface area contributed by atoms with E-state index in [0.29, 0.717) is 5.56 Å². The molecule has 5 nitrogen and oxygen atoms in total. The van der Waals surface area contributed by atoms with Crippen LogP contribution in [0.4, 0.5) is 0 Å². The average Bonchev–Trinajstić information content (AvgIpc) is 2.74. The Hall–Kier alpha value is -3.86. The van der Waals surface area contributed by atoms with E-state index in [4.69, 9.17) is 9.84 Å². The van der Waals surface area contributed by atoms with Gasteiger partial charge in [-0.15, -0.1) is 0 Å². The van der Waals surface area contributed by atoms with Crippen molar-refractivity contribution >= 4 is 17.8 Å². The first-order valence-corrected chi connectivity index (χ1v) is 10.0. The van der Waals surface area contributed by atoms with Crippen LogP contribution in [0, 0.1) is 0 Å². The van der Waals surface area contributed by atoms with Gasteiger partial charge >= 0.3 is 5.97 Å². The van der Waals surface area contributed by atoms with Crippen molar-refractivity contribution in [2.24, 2.45) is 0 Å². The minimum absolute atomic E-state index is 0.121. The number of carboxylic acid groups (broad SMARTS) is 1. The van der Waals surface area contributed by atoms with Gasteiger partial charge in [0, 0.05) is 12.2 Å². The summed E-state index contributed by atoms with van der Waals surface area (Å²) in [5.74, 6) is 0.123. The SMILES string of the molecule is CC[N+](C)=C1C=CC(=CC2=CC(=CC=Cc3ccc(O)c(C(=O)O)c3)C=C(C)O2)C=C1. The quantitative estimate of drug-likeness (QED) is 0.663. The van der Waals surface area contributed by atoms with Gasteiger partial charge in [-0.1, -0.05) is 24.3 Å². The molecule has 0 bridgehead atoms. The maximum atomic E-state index is 11.2. The van der Waals surface area contributed by atoms with Crippen molar-refractivity contribution in [2.45, 2.75) is 13.8 Å². The minimum Gasteiger partial charge on any atom is -0.507 e. The van der Waals surface area contributed by atoms with Crippen LogP contribution in [0.2, 0.25) is 0 Å². The molecule has 0 radical (unpaired) electrons. The van der Waals surface area contributed by atoms with Crippen LogP contribution in [0.5, 0.6) is 5.75 Å². The van der Waals surface area contributed by atoms with E-state index in [1.54, 1.807) is 12.1 Å². The molecule has 0 saturated carbocycles. The van der Waals surface area contributed by atoms with Gasteiger partial charge in [0.25, 0.3) is 0 Å². The summed E-state index contributed by atoms with van der Waals surface area (Å²) in [7, 11) is 2.06. The van der Waals surface area contributed by atoms with Crippen molar-refractivity contribution in [3.63, 3.8) is 0 Å². The molecule has 2 aliphatic rings. The number of nitrogens with zero attached hydrogens (tertiary/aromatic N) is 1. The number of hydrogen-bond acceptors (Lipinski definition) is 3. The molecule has 1 aromatic carbocycles. The van der Waals surface area contributed by atoms with Crippen molar-refractivity contribution < 1.29 is 24.3 Å². The number of benzene rings is 1. The molecule has 2 N–H and O–H groups in total. The second-order valence-corrected chi connectivity index (χ2v) is 7.26. The highest BCUT2D eigenvalue weighted by Crippen LogP contribution is 2.23. The van der Waals surface area contributed by atoms with Gasteiger partial charge in [-0.3, -0.25) is 0 Å². The third kappa shape index (κ3) is 5.82. The average molecular weight is 416 g/mol. The maximum absolute atomic E-state index is 11.2. The molecule has 0 amide bonds. The third-order valence-electron chi connectivity index (χ3n) is 4.90. The van der Waals surface area contributed by atoms with E-state index in [0.717, 1.165) is 29.2 Å². The predicted octanol–water partition coefficient (Wildman–Crippen LogP) is 5.00. The van der Waals surface area contributed by atoms with Crippen molar-refractivity contribution in [2.75, 3.05) is 13.6 Å². The van der Waals surface area contributed by atoms with Crippen LogP contribution in [0.15, 0.2) is 95.5 Å². The molecule has 0 aromatic heterocycles. The lowest BCUT2D eigenvalue weighted by Gasteiger charge is -2.14. The Kier molecular flexibility index (Phi) is 6.88. The summed E-state index contributed by atoms with van der Waals surface area (Å²) in [4.78, 5) is 11.2. The number of aromatic hydroxyl groups is 1. The van der Waals surface area contributed by atoms with E-state index in [2.05, 4.69) is 42.9 Å². The van der Waals surface area contributed by atoms with E-state index in [-0.39, 0.29) is 11.3 Å². The molecular formula is C26H26NO4+. The highest BCUT2D eigenvalue weighted by atomic mass is 16.5. The summed E-state index contributed by atoms with van der Waals surface area (Å²) in [6, 6.07) is 4.48. The summed E-state index contributed by atoms with van der Waals surface area (Å²) in [6.07, 6.45) is 19.7.